The van der Waals surface area contributed by atoms with E-state index in [9.17, 15) is 4.79 Å². The Balaban J connectivity index is 1.91. The molecule has 1 saturated carbocycles. The molecule has 1 amide bonds. The van der Waals surface area contributed by atoms with E-state index in [2.05, 4.69) is 10.4 Å². The summed E-state index contributed by atoms with van der Waals surface area (Å²) in [7, 11) is 1.90. The zero-order valence-electron chi connectivity index (χ0n) is 11.9. The summed E-state index contributed by atoms with van der Waals surface area (Å²) in [6.07, 6.45) is 7.13. The van der Waals surface area contributed by atoms with Crippen molar-refractivity contribution in [2.75, 3.05) is 0 Å². The highest BCUT2D eigenvalue weighted by Crippen LogP contribution is 2.22. The van der Waals surface area contributed by atoms with Crippen molar-refractivity contribution >= 4 is 5.91 Å². The molecule has 106 valence electrons. The van der Waals surface area contributed by atoms with Crippen molar-refractivity contribution < 1.29 is 4.79 Å². The lowest BCUT2D eigenvalue weighted by Gasteiger charge is -2.20. The first kappa shape index (κ1) is 14.1. The van der Waals surface area contributed by atoms with Crippen molar-refractivity contribution in [3.05, 3.63) is 17.5 Å². The molecule has 1 heterocycles. The van der Waals surface area contributed by atoms with E-state index in [1.54, 1.807) is 0 Å². The standard InChI is InChI=1S/C14H24N4O/c1-10-11(9-17-18(10)2)8-16-14(19)12-6-4-3-5-7-13(12)15/h9,12-13H,3-8,15H2,1-2H3,(H,16,19). The summed E-state index contributed by atoms with van der Waals surface area (Å²) in [5.74, 6) is 0.0668. The molecule has 1 aromatic heterocycles. The molecule has 0 aliphatic heterocycles. The van der Waals surface area contributed by atoms with E-state index in [0.29, 0.717) is 6.54 Å². The van der Waals surface area contributed by atoms with Gasteiger partial charge in [-0.05, 0) is 19.8 Å². The zero-order chi connectivity index (χ0) is 13.8. The Morgan fingerprint density at radius 1 is 1.47 bits per heavy atom. The van der Waals surface area contributed by atoms with Crippen LogP contribution in [-0.4, -0.2) is 21.7 Å². The molecule has 0 bridgehead atoms. The highest BCUT2D eigenvalue weighted by atomic mass is 16.1. The van der Waals surface area contributed by atoms with Crippen molar-refractivity contribution in [2.24, 2.45) is 18.7 Å². The second-order valence-electron chi connectivity index (χ2n) is 5.50. The molecule has 2 unspecified atom stereocenters. The molecule has 0 spiro atoms. The van der Waals surface area contributed by atoms with Gasteiger partial charge in [0.2, 0.25) is 5.91 Å². The monoisotopic (exact) mass is 264 g/mol. The molecule has 0 aromatic carbocycles. The minimum atomic E-state index is -0.0283. The maximum atomic E-state index is 12.2. The van der Waals surface area contributed by atoms with E-state index in [1.807, 2.05) is 24.9 Å². The number of carbonyl (C=O) groups excluding carboxylic acids is 1. The van der Waals surface area contributed by atoms with Gasteiger partial charge in [0.05, 0.1) is 12.1 Å². The summed E-state index contributed by atoms with van der Waals surface area (Å²) in [6.45, 7) is 2.55. The van der Waals surface area contributed by atoms with Crippen molar-refractivity contribution in [3.8, 4) is 0 Å². The lowest BCUT2D eigenvalue weighted by atomic mass is 9.94. The molecule has 0 saturated heterocycles. The fourth-order valence-electron chi connectivity index (χ4n) is 2.69. The van der Waals surface area contributed by atoms with Crippen molar-refractivity contribution in [2.45, 2.75) is 51.6 Å². The van der Waals surface area contributed by atoms with Gasteiger partial charge >= 0.3 is 0 Å². The van der Waals surface area contributed by atoms with Gasteiger partial charge in [0, 0.05) is 30.9 Å². The highest BCUT2D eigenvalue weighted by Gasteiger charge is 2.26. The lowest BCUT2D eigenvalue weighted by Crippen LogP contribution is -2.41. The Labute approximate surface area is 114 Å². The fraction of sp³-hybridized carbons (Fsp3) is 0.714. The van der Waals surface area contributed by atoms with Gasteiger partial charge in [0.15, 0.2) is 0 Å². The van der Waals surface area contributed by atoms with E-state index in [-0.39, 0.29) is 17.9 Å². The summed E-state index contributed by atoms with van der Waals surface area (Å²) in [6, 6.07) is 0.0116. The lowest BCUT2D eigenvalue weighted by molar-refractivity contribution is -0.126. The molecule has 0 radical (unpaired) electrons. The summed E-state index contributed by atoms with van der Waals surface area (Å²) in [5, 5.41) is 7.19. The Hall–Kier alpha value is -1.36. The molecule has 5 nitrogen and oxygen atoms in total. The number of carbonyl (C=O) groups is 1. The van der Waals surface area contributed by atoms with Crippen LogP contribution in [-0.2, 0) is 18.4 Å². The molecule has 1 aliphatic carbocycles. The van der Waals surface area contributed by atoms with Crippen LogP contribution in [0.4, 0.5) is 0 Å². The first-order chi connectivity index (χ1) is 9.09. The zero-order valence-corrected chi connectivity index (χ0v) is 11.9. The fourth-order valence-corrected chi connectivity index (χ4v) is 2.69. The number of amides is 1. The highest BCUT2D eigenvalue weighted by molar-refractivity contribution is 5.79. The van der Waals surface area contributed by atoms with Gasteiger partial charge in [-0.25, -0.2) is 0 Å². The largest absolute Gasteiger partial charge is 0.352 e. The van der Waals surface area contributed by atoms with Crippen LogP contribution in [0.2, 0.25) is 0 Å². The molecular formula is C14H24N4O. The van der Waals surface area contributed by atoms with E-state index < -0.39 is 0 Å². The SMILES string of the molecule is Cc1c(CNC(=O)C2CCCCCC2N)cnn1C. The predicted octanol–water partition coefficient (Wildman–Crippen LogP) is 1.25. The van der Waals surface area contributed by atoms with E-state index >= 15 is 0 Å². The van der Waals surface area contributed by atoms with Crippen LogP contribution in [0.1, 0.15) is 43.4 Å². The smallest absolute Gasteiger partial charge is 0.224 e. The molecule has 19 heavy (non-hydrogen) atoms. The second kappa shape index (κ2) is 6.19. The van der Waals surface area contributed by atoms with Gasteiger partial charge in [-0.15, -0.1) is 0 Å². The van der Waals surface area contributed by atoms with Gasteiger partial charge < -0.3 is 11.1 Å². The Bertz CT molecular complexity index is 441. The van der Waals surface area contributed by atoms with Crippen LogP contribution >= 0.6 is 0 Å². The molecule has 5 heteroatoms. The van der Waals surface area contributed by atoms with Crippen molar-refractivity contribution in [3.63, 3.8) is 0 Å². The van der Waals surface area contributed by atoms with Crippen molar-refractivity contribution in [1.29, 1.82) is 0 Å². The second-order valence-corrected chi connectivity index (χ2v) is 5.50. The van der Waals surface area contributed by atoms with Gasteiger partial charge in [0.25, 0.3) is 0 Å². The predicted molar refractivity (Wildman–Crippen MR) is 74.3 cm³/mol. The quantitative estimate of drug-likeness (QED) is 0.807. The molecule has 2 rings (SSSR count). The Morgan fingerprint density at radius 3 is 2.89 bits per heavy atom. The average molecular weight is 264 g/mol. The minimum absolute atomic E-state index is 0.0116. The normalized spacial score (nSPS) is 23.9. The van der Waals surface area contributed by atoms with Gasteiger partial charge in [0.1, 0.15) is 0 Å². The number of aryl methyl sites for hydroxylation is 1. The van der Waals surface area contributed by atoms with E-state index in [4.69, 9.17) is 5.73 Å². The van der Waals surface area contributed by atoms with Gasteiger partial charge in [-0.3, -0.25) is 9.48 Å². The summed E-state index contributed by atoms with van der Waals surface area (Å²) >= 11 is 0. The average Bonchev–Trinajstić information content (AvgIpc) is 2.60. The molecule has 1 aromatic rings. The Morgan fingerprint density at radius 2 is 2.21 bits per heavy atom. The van der Waals surface area contributed by atoms with Gasteiger partial charge in [-0.2, -0.15) is 5.10 Å². The topological polar surface area (TPSA) is 72.9 Å². The van der Waals surface area contributed by atoms with Crippen LogP contribution in [0.25, 0.3) is 0 Å². The minimum Gasteiger partial charge on any atom is -0.352 e. The first-order valence-corrected chi connectivity index (χ1v) is 7.10. The maximum absolute atomic E-state index is 12.2. The van der Waals surface area contributed by atoms with Crippen LogP contribution in [0.15, 0.2) is 6.20 Å². The third kappa shape index (κ3) is 3.35. The number of rotatable bonds is 3. The third-order valence-electron chi connectivity index (χ3n) is 4.20. The van der Waals surface area contributed by atoms with Gasteiger partial charge in [-0.1, -0.05) is 19.3 Å². The number of nitrogens with zero attached hydrogens (tertiary/aromatic N) is 2. The number of nitrogens with two attached hydrogens (primary N) is 1. The molecule has 2 atom stereocenters. The summed E-state index contributed by atoms with van der Waals surface area (Å²) < 4.78 is 1.82. The third-order valence-corrected chi connectivity index (χ3v) is 4.20. The van der Waals surface area contributed by atoms with Crippen LogP contribution in [0, 0.1) is 12.8 Å². The van der Waals surface area contributed by atoms with Crippen LogP contribution in [0.5, 0.6) is 0 Å². The van der Waals surface area contributed by atoms with Crippen LogP contribution < -0.4 is 11.1 Å². The maximum Gasteiger partial charge on any atom is 0.224 e. The molecule has 1 fully saturated rings. The number of hydrogen-bond acceptors (Lipinski definition) is 3. The number of nitrogens with one attached hydrogen (secondary N) is 1. The molecule has 1 aliphatic rings. The summed E-state index contributed by atoms with van der Waals surface area (Å²) in [4.78, 5) is 12.2. The van der Waals surface area contributed by atoms with Crippen LogP contribution in [0.3, 0.4) is 0 Å². The van der Waals surface area contributed by atoms with E-state index in [1.165, 1.54) is 6.42 Å². The summed E-state index contributed by atoms with van der Waals surface area (Å²) in [5.41, 5.74) is 8.26. The first-order valence-electron chi connectivity index (χ1n) is 7.10. The molecule has 3 N–H and O–H groups in total. The van der Waals surface area contributed by atoms with Crippen molar-refractivity contribution in [1.82, 2.24) is 15.1 Å². The molecular weight excluding hydrogens is 240 g/mol. The number of aromatic nitrogens is 2. The number of hydrogen-bond donors (Lipinski definition) is 2. The van der Waals surface area contributed by atoms with E-state index in [0.717, 1.165) is 36.9 Å². The Kier molecular flexibility index (Phi) is 4.58.